The van der Waals surface area contributed by atoms with Gasteiger partial charge in [-0.25, -0.2) is 0 Å². The standard InChI is InChI=1S/C22H23ClN2O4/c1-3-29-21-18(23)12-14(13-19(21)28-2)4-11-20(26)24-16-7-9-17(10-8-16)25-22(27)15-5-6-15/h4,7-13,15H,3,5-6H2,1-2H3,(H,24,26)(H,25,27)/b11-4+. The van der Waals surface area contributed by atoms with Crippen molar-refractivity contribution in [2.45, 2.75) is 19.8 Å². The van der Waals surface area contributed by atoms with Gasteiger partial charge in [-0.2, -0.15) is 0 Å². The van der Waals surface area contributed by atoms with Gasteiger partial charge in [0.1, 0.15) is 0 Å². The monoisotopic (exact) mass is 414 g/mol. The zero-order valence-electron chi connectivity index (χ0n) is 16.3. The lowest BCUT2D eigenvalue weighted by molar-refractivity contribution is -0.117. The van der Waals surface area contributed by atoms with E-state index in [0.717, 1.165) is 12.8 Å². The molecule has 0 unspecified atom stereocenters. The fraction of sp³-hybridized carbons (Fsp3) is 0.273. The Morgan fingerprint density at radius 1 is 1.14 bits per heavy atom. The van der Waals surface area contributed by atoms with Crippen molar-refractivity contribution in [2.75, 3.05) is 24.4 Å². The van der Waals surface area contributed by atoms with Crippen LogP contribution in [0.1, 0.15) is 25.3 Å². The third kappa shape index (κ3) is 5.74. The molecule has 152 valence electrons. The van der Waals surface area contributed by atoms with Crippen LogP contribution < -0.4 is 20.1 Å². The number of hydrogen-bond donors (Lipinski definition) is 2. The van der Waals surface area contributed by atoms with Gasteiger partial charge in [-0.15, -0.1) is 0 Å². The molecule has 3 rings (SSSR count). The molecular formula is C22H23ClN2O4. The summed E-state index contributed by atoms with van der Waals surface area (Å²) in [5.41, 5.74) is 2.06. The van der Waals surface area contributed by atoms with E-state index in [4.69, 9.17) is 21.1 Å². The zero-order chi connectivity index (χ0) is 20.8. The predicted octanol–water partition coefficient (Wildman–Crippen LogP) is 4.75. The van der Waals surface area contributed by atoms with E-state index in [1.165, 1.54) is 13.2 Å². The molecule has 1 saturated carbocycles. The highest BCUT2D eigenvalue weighted by Crippen LogP contribution is 2.36. The summed E-state index contributed by atoms with van der Waals surface area (Å²) >= 11 is 6.24. The normalized spacial score (nSPS) is 13.2. The van der Waals surface area contributed by atoms with E-state index in [1.807, 2.05) is 6.92 Å². The number of ether oxygens (including phenoxy) is 2. The van der Waals surface area contributed by atoms with Crippen LogP contribution in [0.15, 0.2) is 42.5 Å². The predicted molar refractivity (Wildman–Crippen MR) is 115 cm³/mol. The highest BCUT2D eigenvalue weighted by molar-refractivity contribution is 6.32. The van der Waals surface area contributed by atoms with Crippen molar-refractivity contribution in [1.82, 2.24) is 0 Å². The summed E-state index contributed by atoms with van der Waals surface area (Å²) in [5.74, 6) is 0.891. The van der Waals surface area contributed by atoms with E-state index in [0.29, 0.717) is 40.1 Å². The lowest BCUT2D eigenvalue weighted by atomic mass is 10.2. The summed E-state index contributed by atoms with van der Waals surface area (Å²) in [5, 5.41) is 6.05. The Morgan fingerprint density at radius 3 is 2.38 bits per heavy atom. The van der Waals surface area contributed by atoms with Crippen molar-refractivity contribution in [3.8, 4) is 11.5 Å². The van der Waals surface area contributed by atoms with Crippen molar-refractivity contribution in [3.05, 3.63) is 53.1 Å². The summed E-state index contributed by atoms with van der Waals surface area (Å²) in [7, 11) is 1.53. The van der Waals surface area contributed by atoms with Crippen LogP contribution in [0.3, 0.4) is 0 Å². The zero-order valence-corrected chi connectivity index (χ0v) is 17.1. The molecule has 2 amide bonds. The topological polar surface area (TPSA) is 76.7 Å². The van der Waals surface area contributed by atoms with Crippen LogP contribution in [0.4, 0.5) is 11.4 Å². The Balaban J connectivity index is 1.60. The van der Waals surface area contributed by atoms with Gasteiger partial charge in [0.15, 0.2) is 11.5 Å². The molecule has 2 aromatic rings. The minimum atomic E-state index is -0.288. The largest absolute Gasteiger partial charge is 0.493 e. The molecule has 0 aliphatic heterocycles. The van der Waals surface area contributed by atoms with E-state index in [-0.39, 0.29) is 17.7 Å². The summed E-state index contributed by atoms with van der Waals surface area (Å²) in [6, 6.07) is 10.5. The number of carbonyl (C=O) groups is 2. The van der Waals surface area contributed by atoms with E-state index in [2.05, 4.69) is 10.6 Å². The molecule has 7 heteroatoms. The van der Waals surface area contributed by atoms with Gasteiger partial charge in [-0.05, 0) is 67.8 Å². The second-order valence-electron chi connectivity index (χ2n) is 6.63. The third-order valence-corrected chi connectivity index (χ3v) is 4.62. The number of anilines is 2. The maximum atomic E-state index is 12.2. The number of nitrogens with one attached hydrogen (secondary N) is 2. The molecule has 1 aliphatic rings. The molecule has 0 heterocycles. The van der Waals surface area contributed by atoms with Crippen molar-refractivity contribution in [1.29, 1.82) is 0 Å². The van der Waals surface area contributed by atoms with Crippen LogP contribution in [-0.4, -0.2) is 25.5 Å². The minimum absolute atomic E-state index is 0.0502. The quantitative estimate of drug-likeness (QED) is 0.611. The Hall–Kier alpha value is -2.99. The Morgan fingerprint density at radius 2 is 1.79 bits per heavy atom. The first kappa shape index (κ1) is 20.7. The highest BCUT2D eigenvalue weighted by atomic mass is 35.5. The average molecular weight is 415 g/mol. The lowest BCUT2D eigenvalue weighted by Gasteiger charge is -2.11. The van der Waals surface area contributed by atoms with Gasteiger partial charge in [0.25, 0.3) is 0 Å². The van der Waals surface area contributed by atoms with Crippen LogP contribution in [0.2, 0.25) is 5.02 Å². The van der Waals surface area contributed by atoms with E-state index < -0.39 is 0 Å². The number of benzene rings is 2. The fourth-order valence-electron chi connectivity index (χ4n) is 2.70. The van der Waals surface area contributed by atoms with Crippen LogP contribution in [0, 0.1) is 5.92 Å². The molecule has 0 radical (unpaired) electrons. The van der Waals surface area contributed by atoms with Gasteiger partial charge in [-0.3, -0.25) is 9.59 Å². The summed E-state index contributed by atoms with van der Waals surface area (Å²) in [6.45, 7) is 2.33. The molecule has 2 N–H and O–H groups in total. The second-order valence-corrected chi connectivity index (χ2v) is 7.04. The Bertz CT molecular complexity index is 921. The second kappa shape index (κ2) is 9.47. The molecule has 0 spiro atoms. The first-order chi connectivity index (χ1) is 14.0. The minimum Gasteiger partial charge on any atom is -0.493 e. The van der Waals surface area contributed by atoms with Crippen LogP contribution in [0.25, 0.3) is 6.08 Å². The Labute approximate surface area is 174 Å². The summed E-state index contributed by atoms with van der Waals surface area (Å²) in [6.07, 6.45) is 4.97. The van der Waals surface area contributed by atoms with Crippen LogP contribution in [-0.2, 0) is 9.59 Å². The molecule has 29 heavy (non-hydrogen) atoms. The number of methoxy groups -OCH3 is 1. The van der Waals surface area contributed by atoms with Crippen LogP contribution in [0.5, 0.6) is 11.5 Å². The van der Waals surface area contributed by atoms with Crippen molar-refractivity contribution in [3.63, 3.8) is 0 Å². The number of rotatable bonds is 8. The van der Waals surface area contributed by atoms with E-state index in [9.17, 15) is 9.59 Å². The highest BCUT2D eigenvalue weighted by Gasteiger charge is 2.29. The molecule has 0 saturated heterocycles. The molecule has 2 aromatic carbocycles. The van der Waals surface area contributed by atoms with Gasteiger partial charge >= 0.3 is 0 Å². The van der Waals surface area contributed by atoms with Gasteiger partial charge in [0, 0.05) is 23.4 Å². The molecule has 0 aromatic heterocycles. The van der Waals surface area contributed by atoms with Crippen LogP contribution >= 0.6 is 11.6 Å². The SMILES string of the molecule is CCOc1c(Cl)cc(/C=C/C(=O)Nc2ccc(NC(=O)C3CC3)cc2)cc1OC. The third-order valence-electron chi connectivity index (χ3n) is 4.34. The van der Waals surface area contributed by atoms with E-state index in [1.54, 1.807) is 42.5 Å². The number of amides is 2. The molecule has 1 fully saturated rings. The molecule has 0 bridgehead atoms. The van der Waals surface area contributed by atoms with Gasteiger partial charge < -0.3 is 20.1 Å². The Kier molecular flexibility index (Phi) is 6.77. The molecule has 1 aliphatic carbocycles. The summed E-state index contributed by atoms with van der Waals surface area (Å²) in [4.78, 5) is 24.0. The first-order valence-electron chi connectivity index (χ1n) is 9.40. The van der Waals surface area contributed by atoms with Gasteiger partial charge in [0.05, 0.1) is 18.7 Å². The van der Waals surface area contributed by atoms with Gasteiger partial charge in [-0.1, -0.05) is 11.6 Å². The van der Waals surface area contributed by atoms with Crippen molar-refractivity contribution >= 4 is 40.9 Å². The number of halogens is 1. The number of hydrogen-bond acceptors (Lipinski definition) is 4. The first-order valence-corrected chi connectivity index (χ1v) is 9.78. The summed E-state index contributed by atoms with van der Waals surface area (Å²) < 4.78 is 10.8. The number of carbonyl (C=O) groups excluding carboxylic acids is 2. The van der Waals surface area contributed by atoms with Crippen molar-refractivity contribution < 1.29 is 19.1 Å². The van der Waals surface area contributed by atoms with E-state index >= 15 is 0 Å². The van der Waals surface area contributed by atoms with Crippen molar-refractivity contribution in [2.24, 2.45) is 5.92 Å². The fourth-order valence-corrected chi connectivity index (χ4v) is 2.98. The molecule has 6 nitrogen and oxygen atoms in total. The molecule has 0 atom stereocenters. The van der Waals surface area contributed by atoms with Gasteiger partial charge in [0.2, 0.25) is 11.8 Å². The maximum Gasteiger partial charge on any atom is 0.248 e. The maximum absolute atomic E-state index is 12.2. The average Bonchev–Trinajstić information content (AvgIpc) is 3.55. The molecular weight excluding hydrogens is 392 g/mol. The lowest BCUT2D eigenvalue weighted by Crippen LogP contribution is -2.13. The smallest absolute Gasteiger partial charge is 0.248 e.